The van der Waals surface area contributed by atoms with Gasteiger partial charge in [-0.2, -0.15) is 0 Å². The first-order chi connectivity index (χ1) is 12.6. The molecule has 0 bridgehead atoms. The highest BCUT2D eigenvalue weighted by Crippen LogP contribution is 2.28. The van der Waals surface area contributed by atoms with Gasteiger partial charge in [-0.15, -0.1) is 0 Å². The van der Waals surface area contributed by atoms with Crippen molar-refractivity contribution in [2.24, 2.45) is 5.92 Å². The highest BCUT2D eigenvalue weighted by atomic mass is 16.5. The van der Waals surface area contributed by atoms with Crippen LogP contribution in [0, 0.1) is 5.92 Å². The summed E-state index contributed by atoms with van der Waals surface area (Å²) in [6, 6.07) is 7.14. The van der Waals surface area contributed by atoms with Crippen LogP contribution in [0.3, 0.4) is 0 Å². The predicted molar refractivity (Wildman–Crippen MR) is 99.1 cm³/mol. The van der Waals surface area contributed by atoms with Gasteiger partial charge in [-0.3, -0.25) is 4.79 Å². The second kappa shape index (κ2) is 10.6. The van der Waals surface area contributed by atoms with Gasteiger partial charge in [0.15, 0.2) is 0 Å². The maximum atomic E-state index is 12.3. The van der Waals surface area contributed by atoms with E-state index >= 15 is 0 Å². The second-order valence-corrected chi connectivity index (χ2v) is 6.51. The molecule has 0 spiro atoms. The molecular weight excluding hydrogens is 332 g/mol. The molecule has 1 aromatic rings. The molecular formula is C21H28O5. The molecule has 0 atom stereocenters. The molecule has 0 amide bonds. The number of rotatable bonds is 8. The van der Waals surface area contributed by atoms with E-state index in [0.29, 0.717) is 38.0 Å². The van der Waals surface area contributed by atoms with Crippen molar-refractivity contribution in [1.82, 2.24) is 0 Å². The Morgan fingerprint density at radius 3 is 2.35 bits per heavy atom. The van der Waals surface area contributed by atoms with Gasteiger partial charge in [0.25, 0.3) is 0 Å². The van der Waals surface area contributed by atoms with Crippen LogP contribution in [-0.4, -0.2) is 24.6 Å². The van der Waals surface area contributed by atoms with Crippen LogP contribution in [-0.2, 0) is 14.3 Å². The number of carbonyl (C=O) groups excluding carboxylic acids is 2. The summed E-state index contributed by atoms with van der Waals surface area (Å²) >= 11 is 0. The topological polar surface area (TPSA) is 61.8 Å². The summed E-state index contributed by atoms with van der Waals surface area (Å²) in [5, 5.41) is 0. The van der Waals surface area contributed by atoms with E-state index in [2.05, 4.69) is 6.92 Å². The molecule has 0 aromatic heterocycles. The molecule has 0 saturated heterocycles. The van der Waals surface area contributed by atoms with Gasteiger partial charge in [0, 0.05) is 6.08 Å². The van der Waals surface area contributed by atoms with Crippen LogP contribution in [0.1, 0.15) is 52.4 Å². The lowest BCUT2D eigenvalue weighted by Gasteiger charge is -2.26. The van der Waals surface area contributed by atoms with Crippen LogP contribution < -0.4 is 9.47 Å². The maximum absolute atomic E-state index is 12.3. The summed E-state index contributed by atoms with van der Waals surface area (Å²) < 4.78 is 16.4. The number of allylic oxidation sites excluding steroid dienone is 1. The summed E-state index contributed by atoms with van der Waals surface area (Å²) in [4.78, 5) is 23.8. The van der Waals surface area contributed by atoms with Gasteiger partial charge in [-0.05, 0) is 63.3 Å². The van der Waals surface area contributed by atoms with Crippen LogP contribution in [0.2, 0.25) is 0 Å². The molecule has 1 aromatic carbocycles. The van der Waals surface area contributed by atoms with Crippen LogP contribution in [0.25, 0.3) is 0 Å². The number of hydrogen-bond acceptors (Lipinski definition) is 5. The van der Waals surface area contributed by atoms with Crippen LogP contribution in [0.5, 0.6) is 11.5 Å². The summed E-state index contributed by atoms with van der Waals surface area (Å²) in [6.45, 7) is 4.58. The van der Waals surface area contributed by atoms with Gasteiger partial charge in [0.05, 0.1) is 12.5 Å². The molecule has 1 aliphatic carbocycles. The Hall–Kier alpha value is -2.30. The van der Waals surface area contributed by atoms with Crippen LogP contribution in [0.4, 0.5) is 0 Å². The number of ether oxygens (including phenoxy) is 3. The molecule has 1 aliphatic rings. The number of hydrogen-bond donors (Lipinski definition) is 0. The third-order valence-corrected chi connectivity index (χ3v) is 4.40. The van der Waals surface area contributed by atoms with Crippen molar-refractivity contribution in [1.29, 1.82) is 0 Å². The fourth-order valence-corrected chi connectivity index (χ4v) is 2.89. The lowest BCUT2D eigenvalue weighted by molar-refractivity contribution is -0.147. The first kappa shape index (κ1) is 20.0. The zero-order chi connectivity index (χ0) is 18.8. The molecule has 0 aliphatic heterocycles. The summed E-state index contributed by atoms with van der Waals surface area (Å²) in [7, 11) is 0. The third kappa shape index (κ3) is 6.54. The second-order valence-electron chi connectivity index (χ2n) is 6.51. The smallest absolute Gasteiger partial charge is 0.330 e. The molecule has 1 fully saturated rings. The minimum absolute atomic E-state index is 0.109. The van der Waals surface area contributed by atoms with E-state index in [0.717, 1.165) is 18.6 Å². The quantitative estimate of drug-likeness (QED) is 0.297. The first-order valence-electron chi connectivity index (χ1n) is 9.40. The van der Waals surface area contributed by atoms with Crippen LogP contribution in [0.15, 0.2) is 36.4 Å². The van der Waals surface area contributed by atoms with Crippen molar-refractivity contribution < 1.29 is 23.8 Å². The third-order valence-electron chi connectivity index (χ3n) is 4.40. The zero-order valence-electron chi connectivity index (χ0n) is 15.6. The molecule has 2 rings (SSSR count). The van der Waals surface area contributed by atoms with Crippen molar-refractivity contribution in [3.05, 3.63) is 36.4 Å². The molecule has 5 heteroatoms. The molecule has 5 nitrogen and oxygen atoms in total. The van der Waals surface area contributed by atoms with Crippen LogP contribution >= 0.6 is 0 Å². The highest BCUT2D eigenvalue weighted by molar-refractivity contribution is 5.82. The molecule has 142 valence electrons. The normalized spacial score (nSPS) is 19.9. The zero-order valence-corrected chi connectivity index (χ0v) is 15.6. The van der Waals surface area contributed by atoms with E-state index in [1.165, 1.54) is 6.08 Å². The average Bonchev–Trinajstić information content (AvgIpc) is 2.64. The van der Waals surface area contributed by atoms with Crippen molar-refractivity contribution >= 4 is 11.9 Å². The Bertz CT molecular complexity index is 597. The SMILES string of the molecule is CC=CC(=O)OC1CCC(C(=O)Oc2ccc(OCCCC)cc2)CC1. The van der Waals surface area contributed by atoms with Gasteiger partial charge in [-0.1, -0.05) is 19.4 Å². The lowest BCUT2D eigenvalue weighted by atomic mass is 9.87. The van der Waals surface area contributed by atoms with Crippen molar-refractivity contribution in [2.75, 3.05) is 6.61 Å². The van der Waals surface area contributed by atoms with Gasteiger partial charge in [0.2, 0.25) is 0 Å². The van der Waals surface area contributed by atoms with Crippen molar-refractivity contribution in [3.8, 4) is 11.5 Å². The predicted octanol–water partition coefficient (Wildman–Crippen LogP) is 4.45. The number of carbonyl (C=O) groups is 2. The Kier molecular flexibility index (Phi) is 8.19. The van der Waals surface area contributed by atoms with Crippen molar-refractivity contribution in [3.63, 3.8) is 0 Å². The minimum atomic E-state index is -0.320. The Balaban J connectivity index is 1.75. The van der Waals surface area contributed by atoms with E-state index in [1.54, 1.807) is 25.1 Å². The lowest BCUT2D eigenvalue weighted by Crippen LogP contribution is -2.29. The molecule has 26 heavy (non-hydrogen) atoms. The van der Waals surface area contributed by atoms with Gasteiger partial charge in [0.1, 0.15) is 17.6 Å². The number of benzene rings is 1. The Morgan fingerprint density at radius 2 is 1.73 bits per heavy atom. The van der Waals surface area contributed by atoms with E-state index < -0.39 is 0 Å². The Morgan fingerprint density at radius 1 is 1.08 bits per heavy atom. The van der Waals surface area contributed by atoms with Gasteiger partial charge < -0.3 is 14.2 Å². The molecule has 0 heterocycles. The number of unbranched alkanes of at least 4 members (excludes halogenated alkanes) is 1. The average molecular weight is 360 g/mol. The molecule has 1 saturated carbocycles. The van der Waals surface area contributed by atoms with Crippen molar-refractivity contribution in [2.45, 2.75) is 58.5 Å². The van der Waals surface area contributed by atoms with E-state index in [1.807, 2.05) is 12.1 Å². The number of esters is 2. The standard InChI is InChI=1S/C21H28O5/c1-3-5-15-24-17-11-13-19(14-12-17)26-21(23)16-7-9-18(10-8-16)25-20(22)6-4-2/h4,6,11-14,16,18H,3,5,7-10,15H2,1-2H3. The minimum Gasteiger partial charge on any atom is -0.494 e. The summed E-state index contributed by atoms with van der Waals surface area (Å²) in [5.41, 5.74) is 0. The largest absolute Gasteiger partial charge is 0.494 e. The van der Waals surface area contributed by atoms with E-state index in [9.17, 15) is 9.59 Å². The maximum Gasteiger partial charge on any atom is 0.330 e. The molecule has 0 unspecified atom stereocenters. The fraction of sp³-hybridized carbons (Fsp3) is 0.524. The highest BCUT2D eigenvalue weighted by Gasteiger charge is 2.29. The first-order valence-corrected chi connectivity index (χ1v) is 9.40. The Labute approximate surface area is 155 Å². The molecule has 0 radical (unpaired) electrons. The van der Waals surface area contributed by atoms with E-state index in [-0.39, 0.29) is 24.0 Å². The van der Waals surface area contributed by atoms with E-state index in [4.69, 9.17) is 14.2 Å². The fourth-order valence-electron chi connectivity index (χ4n) is 2.89. The van der Waals surface area contributed by atoms with Gasteiger partial charge >= 0.3 is 11.9 Å². The summed E-state index contributed by atoms with van der Waals surface area (Å²) in [5.74, 6) is 0.621. The summed E-state index contributed by atoms with van der Waals surface area (Å²) in [6.07, 6.45) is 7.79. The monoisotopic (exact) mass is 360 g/mol. The molecule has 0 N–H and O–H groups in total. The van der Waals surface area contributed by atoms with Gasteiger partial charge in [-0.25, -0.2) is 4.79 Å².